The van der Waals surface area contributed by atoms with Gasteiger partial charge < -0.3 is 9.97 Å². The van der Waals surface area contributed by atoms with E-state index in [-0.39, 0.29) is 20.1 Å². The summed E-state index contributed by atoms with van der Waals surface area (Å²) >= 11 is 0. The number of hydrogen-bond acceptors (Lipinski definition) is 2. The number of aromatic nitrogens is 2. The molecule has 207 valence electrons. The van der Waals surface area contributed by atoms with Gasteiger partial charge in [0.05, 0.1) is 8.07 Å². The van der Waals surface area contributed by atoms with E-state index < -0.39 is 8.07 Å². The largest absolute Gasteiger partial charge is 0.305 e. The molecule has 0 fully saturated rings. The van der Waals surface area contributed by atoms with Gasteiger partial charge in [0.15, 0.2) is 0 Å². The van der Waals surface area contributed by atoms with Crippen LogP contribution in [0.2, 0.25) is 19.6 Å². The molecule has 2 nitrogen and oxygen atoms in total. The van der Waals surface area contributed by atoms with Crippen LogP contribution in [-0.4, -0.2) is 18.0 Å². The molecule has 0 aliphatic carbocycles. The molecule has 1 radical (unpaired) electrons. The first kappa shape index (κ1) is 31.4. The summed E-state index contributed by atoms with van der Waals surface area (Å²) in [5, 5.41) is 1.48. The van der Waals surface area contributed by atoms with E-state index in [1.54, 1.807) is 0 Å². The van der Waals surface area contributed by atoms with E-state index in [1.807, 2.05) is 42.6 Å². The van der Waals surface area contributed by atoms with Gasteiger partial charge in [-0.25, -0.2) is 0 Å². The van der Waals surface area contributed by atoms with Gasteiger partial charge in [0, 0.05) is 32.5 Å². The molecule has 3 aromatic carbocycles. The van der Waals surface area contributed by atoms with Crippen molar-refractivity contribution in [2.45, 2.75) is 52.8 Å². The van der Waals surface area contributed by atoms with Gasteiger partial charge >= 0.3 is 0 Å². The predicted octanol–water partition coefficient (Wildman–Crippen LogP) is 8.66. The molecule has 0 aliphatic rings. The normalized spacial score (nSPS) is 10.9. The fraction of sp³-hybridized carbons (Fsp3) is 0.222. The standard InChI is InChI=1S/C18H24NSi.C18H14N.Ir/c1-13(2)16-11-17(15-9-7-14(3)8-10-15)19-12-18(16)20(4,5)6;1-2-7-15(8-3-1)13-16-9-6-10-17(14-16)18-11-4-5-12-19-18;/h7-9,11-13H,1-6H3;1-9,11-12,14H,13H2;/q2*-1;. The van der Waals surface area contributed by atoms with Crippen LogP contribution in [-0.2, 0) is 26.5 Å². The van der Waals surface area contributed by atoms with Crippen molar-refractivity contribution in [3.63, 3.8) is 0 Å². The third kappa shape index (κ3) is 8.66. The number of pyridine rings is 2. The molecule has 0 bridgehead atoms. The SMILES string of the molecule is Cc1c[c-]c(-c2cc(C(C)C)c([Si](C)(C)C)cn2)cc1.[Ir].[c-]1ccc(Cc2ccccc2)cc1-c1ccccn1. The molecular formula is C36H38IrN2Si-2. The minimum Gasteiger partial charge on any atom is -0.305 e. The Hall–Kier alpha value is -3.17. The third-order valence-electron chi connectivity index (χ3n) is 6.67. The first-order valence-corrected chi connectivity index (χ1v) is 17.2. The van der Waals surface area contributed by atoms with Crippen LogP contribution in [0.5, 0.6) is 0 Å². The van der Waals surface area contributed by atoms with Crippen LogP contribution in [0.1, 0.15) is 42.0 Å². The van der Waals surface area contributed by atoms with Gasteiger partial charge in [0.25, 0.3) is 0 Å². The van der Waals surface area contributed by atoms with Crippen molar-refractivity contribution in [3.8, 4) is 22.5 Å². The topological polar surface area (TPSA) is 25.8 Å². The van der Waals surface area contributed by atoms with Gasteiger partial charge in [-0.1, -0.05) is 94.5 Å². The smallest absolute Gasteiger partial charge is 0.0799 e. The number of rotatable bonds is 6. The molecule has 0 unspecified atom stereocenters. The molecule has 0 aliphatic heterocycles. The fourth-order valence-electron chi connectivity index (χ4n) is 4.51. The molecule has 0 spiro atoms. The Kier molecular flexibility index (Phi) is 11.3. The van der Waals surface area contributed by atoms with Crippen LogP contribution >= 0.6 is 0 Å². The molecule has 2 aromatic heterocycles. The molecule has 5 aromatic rings. The molecule has 5 rings (SSSR count). The Bertz CT molecular complexity index is 1480. The van der Waals surface area contributed by atoms with E-state index in [9.17, 15) is 0 Å². The second-order valence-corrected chi connectivity index (χ2v) is 16.4. The van der Waals surface area contributed by atoms with Crippen LogP contribution in [0, 0.1) is 19.1 Å². The maximum Gasteiger partial charge on any atom is 0.0799 e. The predicted molar refractivity (Wildman–Crippen MR) is 168 cm³/mol. The van der Waals surface area contributed by atoms with Gasteiger partial charge in [-0.3, -0.25) is 0 Å². The van der Waals surface area contributed by atoms with Gasteiger partial charge in [0.1, 0.15) is 0 Å². The molecule has 0 saturated heterocycles. The van der Waals surface area contributed by atoms with Crippen molar-refractivity contribution in [2.24, 2.45) is 0 Å². The molecule has 2 heterocycles. The van der Waals surface area contributed by atoms with Gasteiger partial charge in [-0.2, -0.15) is 0 Å². The summed E-state index contributed by atoms with van der Waals surface area (Å²) < 4.78 is 0. The van der Waals surface area contributed by atoms with Gasteiger partial charge in [-0.15, -0.1) is 70.8 Å². The average molecular weight is 719 g/mol. The summed E-state index contributed by atoms with van der Waals surface area (Å²) in [5.41, 5.74) is 9.42. The number of nitrogens with zero attached hydrogens (tertiary/aromatic N) is 2. The summed E-state index contributed by atoms with van der Waals surface area (Å²) in [4.78, 5) is 9.06. The molecule has 0 atom stereocenters. The van der Waals surface area contributed by atoms with Crippen molar-refractivity contribution in [1.82, 2.24) is 9.97 Å². The van der Waals surface area contributed by atoms with Crippen LogP contribution in [0.4, 0.5) is 0 Å². The molecular weight excluding hydrogens is 681 g/mol. The Morgan fingerprint density at radius 3 is 2.12 bits per heavy atom. The molecule has 0 amide bonds. The molecule has 40 heavy (non-hydrogen) atoms. The number of aryl methyl sites for hydroxylation is 1. The summed E-state index contributed by atoms with van der Waals surface area (Å²) in [6.45, 7) is 13.8. The van der Waals surface area contributed by atoms with E-state index >= 15 is 0 Å². The van der Waals surface area contributed by atoms with Crippen LogP contribution in [0.25, 0.3) is 22.5 Å². The van der Waals surface area contributed by atoms with Crippen molar-refractivity contribution < 1.29 is 20.1 Å². The van der Waals surface area contributed by atoms with Crippen LogP contribution < -0.4 is 5.19 Å². The van der Waals surface area contributed by atoms with Gasteiger partial charge in [0.2, 0.25) is 0 Å². The Morgan fingerprint density at radius 2 is 1.50 bits per heavy atom. The molecule has 0 N–H and O–H groups in total. The second kappa shape index (κ2) is 14.5. The number of benzene rings is 3. The Labute approximate surface area is 255 Å². The summed E-state index contributed by atoms with van der Waals surface area (Å²) in [6.07, 6.45) is 4.85. The Morgan fingerprint density at radius 1 is 0.750 bits per heavy atom. The fourth-order valence-corrected chi connectivity index (χ4v) is 6.19. The molecule has 0 saturated carbocycles. The third-order valence-corrected chi connectivity index (χ3v) is 8.70. The first-order valence-electron chi connectivity index (χ1n) is 13.7. The van der Waals surface area contributed by atoms with Crippen molar-refractivity contribution in [1.29, 1.82) is 0 Å². The zero-order valence-electron chi connectivity index (χ0n) is 24.3. The van der Waals surface area contributed by atoms with Crippen LogP contribution in [0.3, 0.4) is 0 Å². The summed E-state index contributed by atoms with van der Waals surface area (Å²) in [7, 11) is -1.35. The van der Waals surface area contributed by atoms with E-state index in [4.69, 9.17) is 4.98 Å². The van der Waals surface area contributed by atoms with Crippen molar-refractivity contribution in [3.05, 3.63) is 138 Å². The van der Waals surface area contributed by atoms with Crippen molar-refractivity contribution in [2.75, 3.05) is 0 Å². The van der Waals surface area contributed by atoms with E-state index in [2.05, 4.69) is 118 Å². The van der Waals surface area contributed by atoms with Gasteiger partial charge in [-0.05, 0) is 40.5 Å². The zero-order chi connectivity index (χ0) is 27.8. The van der Waals surface area contributed by atoms with E-state index in [0.29, 0.717) is 5.92 Å². The zero-order valence-corrected chi connectivity index (χ0v) is 27.7. The maximum atomic E-state index is 4.69. The molecule has 4 heteroatoms. The first-order chi connectivity index (χ1) is 18.7. The minimum atomic E-state index is -1.35. The summed E-state index contributed by atoms with van der Waals surface area (Å²) in [5.74, 6) is 0.531. The Balaban J connectivity index is 0.000000215. The summed E-state index contributed by atoms with van der Waals surface area (Å²) in [6, 6.07) is 37.8. The van der Waals surface area contributed by atoms with E-state index in [0.717, 1.165) is 28.9 Å². The van der Waals surface area contributed by atoms with Crippen LogP contribution in [0.15, 0.2) is 103 Å². The van der Waals surface area contributed by atoms with Crippen molar-refractivity contribution >= 4 is 13.3 Å². The second-order valence-electron chi connectivity index (χ2n) is 11.3. The number of hydrogen-bond donors (Lipinski definition) is 0. The monoisotopic (exact) mass is 719 g/mol. The van der Waals surface area contributed by atoms with E-state index in [1.165, 1.54) is 27.4 Å². The quantitative estimate of drug-likeness (QED) is 0.130. The average Bonchev–Trinajstić information content (AvgIpc) is 2.94. The maximum absolute atomic E-state index is 4.69. The minimum absolute atomic E-state index is 0.